The molecule has 0 spiro atoms. The maximum Gasteiger partial charge on any atom is 0.230 e. The van der Waals surface area contributed by atoms with E-state index < -0.39 is 0 Å². The summed E-state index contributed by atoms with van der Waals surface area (Å²) >= 11 is 21.0. The van der Waals surface area contributed by atoms with E-state index in [2.05, 4.69) is 5.32 Å². The quantitative estimate of drug-likeness (QED) is 0.468. The summed E-state index contributed by atoms with van der Waals surface area (Å²) in [6.07, 6.45) is 0. The van der Waals surface area contributed by atoms with Gasteiger partial charge in [0, 0.05) is 38.9 Å². The van der Waals surface area contributed by atoms with E-state index in [9.17, 15) is 9.18 Å². The molecule has 140 valence electrons. The van der Waals surface area contributed by atoms with Gasteiger partial charge in [-0.25, -0.2) is 4.39 Å². The monoisotopic (exact) mass is 451 g/mol. The number of rotatable bonds is 9. The molecule has 8 heteroatoms. The van der Waals surface area contributed by atoms with Crippen LogP contribution in [0.4, 0.5) is 4.39 Å². The van der Waals surface area contributed by atoms with Crippen LogP contribution in [0.2, 0.25) is 15.1 Å². The topological polar surface area (TPSA) is 29.1 Å². The van der Waals surface area contributed by atoms with Gasteiger partial charge < -0.3 is 5.32 Å². The van der Waals surface area contributed by atoms with Crippen molar-refractivity contribution < 1.29 is 9.18 Å². The standard InChI is InChI=1S/C18H17Cl3FNOS2/c19-13-5-4-12(17(22)8-13)9-26-11-18(24)23-6-7-25-10-14-15(20)2-1-3-16(14)21/h1-5,8H,6-7,9-11H2,(H,23,24). The summed E-state index contributed by atoms with van der Waals surface area (Å²) < 4.78 is 13.6. The van der Waals surface area contributed by atoms with E-state index in [0.29, 0.717) is 38.7 Å². The Morgan fingerprint density at radius 1 is 1.04 bits per heavy atom. The number of amides is 1. The van der Waals surface area contributed by atoms with Crippen LogP contribution < -0.4 is 5.32 Å². The lowest BCUT2D eigenvalue weighted by Crippen LogP contribution is -2.27. The van der Waals surface area contributed by atoms with E-state index in [1.165, 1.54) is 17.8 Å². The molecule has 0 aliphatic carbocycles. The third-order valence-electron chi connectivity index (χ3n) is 3.38. The summed E-state index contributed by atoms with van der Waals surface area (Å²) in [5.74, 6) is 1.74. The Morgan fingerprint density at radius 2 is 1.77 bits per heavy atom. The fourth-order valence-electron chi connectivity index (χ4n) is 2.05. The number of halogens is 4. The lowest BCUT2D eigenvalue weighted by Gasteiger charge is -2.08. The Labute approximate surface area is 176 Å². The van der Waals surface area contributed by atoms with E-state index in [0.717, 1.165) is 11.3 Å². The van der Waals surface area contributed by atoms with E-state index in [1.54, 1.807) is 23.9 Å². The van der Waals surface area contributed by atoms with Gasteiger partial charge in [0.1, 0.15) is 5.82 Å². The first-order chi connectivity index (χ1) is 12.5. The second kappa shape index (κ2) is 11.3. The molecule has 0 radical (unpaired) electrons. The average molecular weight is 453 g/mol. The molecule has 1 amide bonds. The molecule has 2 nitrogen and oxygen atoms in total. The molecule has 0 saturated carbocycles. The smallest absolute Gasteiger partial charge is 0.230 e. The average Bonchev–Trinajstić information content (AvgIpc) is 2.59. The van der Waals surface area contributed by atoms with Gasteiger partial charge in [0.05, 0.1) is 5.75 Å². The summed E-state index contributed by atoms with van der Waals surface area (Å²) in [4.78, 5) is 11.8. The molecule has 0 aliphatic heterocycles. The normalized spacial score (nSPS) is 10.8. The van der Waals surface area contributed by atoms with Crippen molar-refractivity contribution >= 4 is 64.2 Å². The SMILES string of the molecule is O=C(CSCc1ccc(Cl)cc1F)NCCSCc1c(Cl)cccc1Cl. The van der Waals surface area contributed by atoms with E-state index in [4.69, 9.17) is 34.8 Å². The number of benzene rings is 2. The third-order valence-corrected chi connectivity index (χ3v) is 6.29. The fraction of sp³-hybridized carbons (Fsp3) is 0.278. The van der Waals surface area contributed by atoms with Crippen LogP contribution >= 0.6 is 58.3 Å². The summed E-state index contributed by atoms with van der Waals surface area (Å²) in [6, 6.07) is 9.99. The molecule has 0 aliphatic rings. The summed E-state index contributed by atoms with van der Waals surface area (Å²) in [6.45, 7) is 0.557. The molecule has 0 atom stereocenters. The molecule has 0 fully saturated rings. The number of carbonyl (C=O) groups excluding carboxylic acids is 1. The maximum absolute atomic E-state index is 13.6. The Morgan fingerprint density at radius 3 is 2.46 bits per heavy atom. The highest BCUT2D eigenvalue weighted by atomic mass is 35.5. The zero-order valence-electron chi connectivity index (χ0n) is 13.7. The minimum atomic E-state index is -0.347. The first-order valence-electron chi connectivity index (χ1n) is 7.76. The van der Waals surface area contributed by atoms with Gasteiger partial charge in [-0.3, -0.25) is 4.79 Å². The summed E-state index contributed by atoms with van der Waals surface area (Å²) in [5, 5.41) is 4.52. The second-order valence-corrected chi connectivity index (χ2v) is 8.67. The Bertz CT molecular complexity index is 741. The van der Waals surface area contributed by atoms with E-state index in [-0.39, 0.29) is 17.5 Å². The highest BCUT2D eigenvalue weighted by Crippen LogP contribution is 2.28. The Kier molecular flexibility index (Phi) is 9.43. The van der Waals surface area contributed by atoms with Crippen LogP contribution in [-0.4, -0.2) is 24.0 Å². The van der Waals surface area contributed by atoms with Crippen LogP contribution in [0.15, 0.2) is 36.4 Å². The molecule has 0 bridgehead atoms. The second-order valence-electron chi connectivity index (χ2n) is 5.33. The van der Waals surface area contributed by atoms with Gasteiger partial charge in [0.25, 0.3) is 0 Å². The molecule has 26 heavy (non-hydrogen) atoms. The highest BCUT2D eigenvalue weighted by Gasteiger charge is 2.07. The van der Waals surface area contributed by atoms with Crippen LogP contribution in [0.3, 0.4) is 0 Å². The summed E-state index contributed by atoms with van der Waals surface area (Å²) in [5.41, 5.74) is 1.45. The van der Waals surface area contributed by atoms with Gasteiger partial charge in [-0.2, -0.15) is 11.8 Å². The first-order valence-corrected chi connectivity index (χ1v) is 11.2. The predicted octanol–water partition coefficient (Wildman–Crippen LogP) is 6.07. The van der Waals surface area contributed by atoms with Gasteiger partial charge in [-0.1, -0.05) is 46.9 Å². The van der Waals surface area contributed by atoms with Crippen LogP contribution in [0.5, 0.6) is 0 Å². The van der Waals surface area contributed by atoms with Crippen molar-refractivity contribution in [3.8, 4) is 0 Å². The molecule has 0 aromatic heterocycles. The lowest BCUT2D eigenvalue weighted by atomic mass is 10.2. The third kappa shape index (κ3) is 7.20. The molecular formula is C18H17Cl3FNOS2. The first kappa shape index (κ1) is 21.7. The van der Waals surface area contributed by atoms with E-state index >= 15 is 0 Å². The number of nitrogens with one attached hydrogen (secondary N) is 1. The Hall–Kier alpha value is -0.590. The molecule has 2 aromatic carbocycles. The number of hydrogen-bond acceptors (Lipinski definition) is 3. The van der Waals surface area contributed by atoms with Crippen molar-refractivity contribution in [2.75, 3.05) is 18.1 Å². The molecule has 2 aromatic rings. The van der Waals surface area contributed by atoms with E-state index in [1.807, 2.05) is 18.2 Å². The predicted molar refractivity (Wildman–Crippen MR) is 113 cm³/mol. The van der Waals surface area contributed by atoms with Gasteiger partial charge in [0.15, 0.2) is 0 Å². The number of carbonyl (C=O) groups is 1. The van der Waals surface area contributed by atoms with Crippen molar-refractivity contribution in [3.63, 3.8) is 0 Å². The van der Waals surface area contributed by atoms with Crippen molar-refractivity contribution in [1.29, 1.82) is 0 Å². The minimum absolute atomic E-state index is 0.0688. The van der Waals surface area contributed by atoms with Crippen LogP contribution in [-0.2, 0) is 16.3 Å². The molecule has 0 unspecified atom stereocenters. The van der Waals surface area contributed by atoms with Crippen molar-refractivity contribution in [3.05, 3.63) is 68.4 Å². The van der Waals surface area contributed by atoms with Crippen molar-refractivity contribution in [2.24, 2.45) is 0 Å². The van der Waals surface area contributed by atoms with Gasteiger partial charge in [-0.15, -0.1) is 11.8 Å². The fourth-order valence-corrected chi connectivity index (χ4v) is 4.65. The van der Waals surface area contributed by atoms with Gasteiger partial charge in [0.2, 0.25) is 5.91 Å². The number of thioether (sulfide) groups is 2. The molecular weight excluding hydrogens is 436 g/mol. The van der Waals surface area contributed by atoms with Crippen molar-refractivity contribution in [1.82, 2.24) is 5.32 Å². The number of hydrogen-bond donors (Lipinski definition) is 1. The van der Waals surface area contributed by atoms with Crippen LogP contribution in [0.1, 0.15) is 11.1 Å². The Balaban J connectivity index is 1.60. The molecule has 2 rings (SSSR count). The van der Waals surface area contributed by atoms with Crippen LogP contribution in [0, 0.1) is 5.82 Å². The minimum Gasteiger partial charge on any atom is -0.355 e. The zero-order chi connectivity index (χ0) is 18.9. The largest absolute Gasteiger partial charge is 0.355 e. The zero-order valence-corrected chi connectivity index (χ0v) is 17.6. The molecule has 1 N–H and O–H groups in total. The molecule has 0 saturated heterocycles. The maximum atomic E-state index is 13.6. The highest BCUT2D eigenvalue weighted by molar-refractivity contribution is 7.99. The van der Waals surface area contributed by atoms with Crippen molar-refractivity contribution in [2.45, 2.75) is 11.5 Å². The van der Waals surface area contributed by atoms with Crippen LogP contribution in [0.25, 0.3) is 0 Å². The summed E-state index contributed by atoms with van der Waals surface area (Å²) in [7, 11) is 0. The lowest BCUT2D eigenvalue weighted by molar-refractivity contribution is -0.118. The van der Waals surface area contributed by atoms with Gasteiger partial charge >= 0.3 is 0 Å². The molecule has 0 heterocycles. The van der Waals surface area contributed by atoms with Gasteiger partial charge in [-0.05, 0) is 35.4 Å².